The average Bonchev–Trinajstić information content (AvgIpc) is 3.01. The second kappa shape index (κ2) is 6.98. The van der Waals surface area contributed by atoms with Crippen molar-refractivity contribution in [2.75, 3.05) is 13.1 Å². The van der Waals surface area contributed by atoms with Gasteiger partial charge in [0, 0.05) is 26.1 Å². The van der Waals surface area contributed by atoms with Crippen molar-refractivity contribution in [2.45, 2.75) is 31.7 Å². The van der Waals surface area contributed by atoms with Gasteiger partial charge < -0.3 is 14.8 Å². The van der Waals surface area contributed by atoms with Crippen LogP contribution in [0.5, 0.6) is 0 Å². The Bertz CT molecular complexity index is 699. The molecule has 7 heteroatoms. The predicted octanol–water partition coefficient (Wildman–Crippen LogP) is 2.60. The first-order chi connectivity index (χ1) is 11.5. The number of rotatable bonds is 3. The number of benzene rings is 1. The first-order valence-corrected chi connectivity index (χ1v) is 8.19. The zero-order valence-corrected chi connectivity index (χ0v) is 13.9. The normalized spacial score (nSPS) is 19.1. The van der Waals surface area contributed by atoms with Crippen LogP contribution in [-0.4, -0.2) is 38.8 Å². The van der Waals surface area contributed by atoms with E-state index in [2.05, 4.69) is 15.5 Å². The molecule has 128 valence electrons. The highest BCUT2D eigenvalue weighted by Crippen LogP contribution is 2.25. The van der Waals surface area contributed by atoms with Crippen molar-refractivity contribution in [3.05, 3.63) is 47.8 Å². The number of urea groups is 1. The molecule has 2 aromatic rings. The Balaban J connectivity index is 1.62. The average molecular weight is 331 g/mol. The Morgan fingerprint density at radius 1 is 1.38 bits per heavy atom. The highest BCUT2D eigenvalue weighted by Gasteiger charge is 2.28. The van der Waals surface area contributed by atoms with E-state index >= 15 is 0 Å². The van der Waals surface area contributed by atoms with E-state index in [4.69, 9.17) is 0 Å². The SMILES string of the molecule is C[C@H](NC(=O)N1CCC[C@H](c2nncn2C)C1)c1ccc(F)cc1. The Labute approximate surface area is 140 Å². The van der Waals surface area contributed by atoms with Crippen molar-refractivity contribution in [1.29, 1.82) is 0 Å². The van der Waals surface area contributed by atoms with Crippen LogP contribution in [0.4, 0.5) is 9.18 Å². The molecule has 2 heterocycles. The van der Waals surface area contributed by atoms with Crippen molar-refractivity contribution in [3.8, 4) is 0 Å². The fourth-order valence-corrected chi connectivity index (χ4v) is 3.15. The third-order valence-corrected chi connectivity index (χ3v) is 4.53. The zero-order valence-electron chi connectivity index (χ0n) is 13.9. The van der Waals surface area contributed by atoms with Crippen LogP contribution in [0.25, 0.3) is 0 Å². The minimum Gasteiger partial charge on any atom is -0.331 e. The largest absolute Gasteiger partial charge is 0.331 e. The first-order valence-electron chi connectivity index (χ1n) is 8.19. The van der Waals surface area contributed by atoms with E-state index in [1.165, 1.54) is 12.1 Å². The van der Waals surface area contributed by atoms with E-state index in [9.17, 15) is 9.18 Å². The van der Waals surface area contributed by atoms with Crippen molar-refractivity contribution < 1.29 is 9.18 Å². The number of halogens is 1. The molecule has 1 aliphatic heterocycles. The van der Waals surface area contributed by atoms with E-state index in [0.717, 1.165) is 30.8 Å². The highest BCUT2D eigenvalue weighted by atomic mass is 19.1. The molecule has 0 spiro atoms. The number of likely N-dealkylation sites (tertiary alicyclic amines) is 1. The van der Waals surface area contributed by atoms with Crippen LogP contribution in [0, 0.1) is 5.82 Å². The Kier molecular flexibility index (Phi) is 4.78. The molecule has 0 radical (unpaired) electrons. The highest BCUT2D eigenvalue weighted by molar-refractivity contribution is 5.74. The number of carbonyl (C=O) groups excluding carboxylic acids is 1. The van der Waals surface area contributed by atoms with E-state index < -0.39 is 0 Å². The number of aryl methyl sites for hydroxylation is 1. The monoisotopic (exact) mass is 331 g/mol. The number of aromatic nitrogens is 3. The predicted molar refractivity (Wildman–Crippen MR) is 87.9 cm³/mol. The van der Waals surface area contributed by atoms with Gasteiger partial charge in [0.2, 0.25) is 0 Å². The van der Waals surface area contributed by atoms with Crippen LogP contribution in [0.3, 0.4) is 0 Å². The van der Waals surface area contributed by atoms with Crippen LogP contribution >= 0.6 is 0 Å². The molecule has 1 aliphatic rings. The lowest BCUT2D eigenvalue weighted by Crippen LogP contribution is -2.45. The second-order valence-corrected chi connectivity index (χ2v) is 6.31. The summed E-state index contributed by atoms with van der Waals surface area (Å²) in [7, 11) is 1.92. The van der Waals surface area contributed by atoms with Gasteiger partial charge in [0.1, 0.15) is 18.0 Å². The molecular weight excluding hydrogens is 309 g/mol. The molecule has 0 saturated carbocycles. The molecule has 1 fully saturated rings. The maximum Gasteiger partial charge on any atom is 0.317 e. The second-order valence-electron chi connectivity index (χ2n) is 6.31. The molecule has 0 aliphatic carbocycles. The van der Waals surface area contributed by atoms with Gasteiger partial charge in [-0.25, -0.2) is 9.18 Å². The summed E-state index contributed by atoms with van der Waals surface area (Å²) in [4.78, 5) is 14.4. The van der Waals surface area contributed by atoms with Gasteiger partial charge in [0.05, 0.1) is 6.04 Å². The van der Waals surface area contributed by atoms with Gasteiger partial charge in [-0.05, 0) is 37.5 Å². The fourth-order valence-electron chi connectivity index (χ4n) is 3.15. The van der Waals surface area contributed by atoms with Crippen molar-refractivity contribution in [3.63, 3.8) is 0 Å². The minimum atomic E-state index is -0.278. The third kappa shape index (κ3) is 3.55. The number of nitrogens with zero attached hydrogens (tertiary/aromatic N) is 4. The summed E-state index contributed by atoms with van der Waals surface area (Å²) in [5, 5.41) is 11.1. The zero-order chi connectivity index (χ0) is 17.1. The molecule has 1 aromatic heterocycles. The number of nitrogens with one attached hydrogen (secondary N) is 1. The Hall–Kier alpha value is -2.44. The summed E-state index contributed by atoms with van der Waals surface area (Å²) in [6.07, 6.45) is 3.63. The summed E-state index contributed by atoms with van der Waals surface area (Å²) in [6.45, 7) is 3.26. The first kappa shape index (κ1) is 16.4. The molecule has 1 N–H and O–H groups in total. The molecule has 3 rings (SSSR count). The van der Waals surface area contributed by atoms with Crippen LogP contribution in [0.2, 0.25) is 0 Å². The van der Waals surface area contributed by atoms with Crippen LogP contribution in [0.15, 0.2) is 30.6 Å². The van der Waals surface area contributed by atoms with Gasteiger partial charge in [-0.2, -0.15) is 0 Å². The van der Waals surface area contributed by atoms with E-state index in [1.54, 1.807) is 18.5 Å². The van der Waals surface area contributed by atoms with Crippen molar-refractivity contribution >= 4 is 6.03 Å². The van der Waals surface area contributed by atoms with Gasteiger partial charge in [0.15, 0.2) is 0 Å². The topological polar surface area (TPSA) is 63.1 Å². The molecule has 24 heavy (non-hydrogen) atoms. The molecular formula is C17H22FN5O. The molecule has 0 bridgehead atoms. The summed E-state index contributed by atoms with van der Waals surface area (Å²) in [6, 6.07) is 5.93. The van der Waals surface area contributed by atoms with Crippen molar-refractivity contribution in [2.24, 2.45) is 7.05 Å². The maximum absolute atomic E-state index is 13.0. The summed E-state index contributed by atoms with van der Waals surface area (Å²) in [5.41, 5.74) is 0.881. The molecule has 0 unspecified atom stereocenters. The number of hydrogen-bond donors (Lipinski definition) is 1. The number of hydrogen-bond acceptors (Lipinski definition) is 3. The maximum atomic E-state index is 13.0. The van der Waals surface area contributed by atoms with Crippen LogP contribution in [-0.2, 0) is 7.05 Å². The Morgan fingerprint density at radius 3 is 2.79 bits per heavy atom. The molecule has 1 aromatic carbocycles. The van der Waals surface area contributed by atoms with E-state index in [-0.39, 0.29) is 23.8 Å². The smallest absolute Gasteiger partial charge is 0.317 e. The standard InChI is InChI=1S/C17H22FN5O/c1-12(13-5-7-15(18)8-6-13)20-17(24)23-9-3-4-14(10-23)16-21-19-11-22(16)2/h5-8,11-12,14H,3-4,9-10H2,1-2H3,(H,20,24)/t12-,14-/m0/s1. The van der Waals surface area contributed by atoms with E-state index in [0.29, 0.717) is 6.54 Å². The molecule has 2 atom stereocenters. The number of piperidine rings is 1. The quantitative estimate of drug-likeness (QED) is 0.940. The Morgan fingerprint density at radius 2 is 2.12 bits per heavy atom. The third-order valence-electron chi connectivity index (χ3n) is 4.53. The fraction of sp³-hybridized carbons (Fsp3) is 0.471. The van der Waals surface area contributed by atoms with Gasteiger partial charge >= 0.3 is 6.03 Å². The number of carbonyl (C=O) groups is 1. The van der Waals surface area contributed by atoms with Crippen LogP contribution in [0.1, 0.15) is 43.1 Å². The lowest BCUT2D eigenvalue weighted by molar-refractivity contribution is 0.175. The van der Waals surface area contributed by atoms with Crippen molar-refractivity contribution in [1.82, 2.24) is 25.0 Å². The van der Waals surface area contributed by atoms with Gasteiger partial charge in [-0.15, -0.1) is 10.2 Å². The van der Waals surface area contributed by atoms with Crippen LogP contribution < -0.4 is 5.32 Å². The van der Waals surface area contributed by atoms with Gasteiger partial charge in [0.25, 0.3) is 0 Å². The van der Waals surface area contributed by atoms with E-state index in [1.807, 2.05) is 23.4 Å². The lowest BCUT2D eigenvalue weighted by atomic mass is 9.97. The molecule has 1 saturated heterocycles. The van der Waals surface area contributed by atoms with Gasteiger partial charge in [-0.3, -0.25) is 0 Å². The summed E-state index contributed by atoms with van der Waals surface area (Å²) in [5.74, 6) is 0.844. The molecule has 6 nitrogen and oxygen atoms in total. The summed E-state index contributed by atoms with van der Waals surface area (Å²) < 4.78 is 14.9. The number of amides is 2. The lowest BCUT2D eigenvalue weighted by Gasteiger charge is -2.33. The van der Waals surface area contributed by atoms with Gasteiger partial charge in [-0.1, -0.05) is 12.1 Å². The minimum absolute atomic E-state index is 0.0984. The molecule has 2 amide bonds. The summed E-state index contributed by atoms with van der Waals surface area (Å²) >= 11 is 0.